The highest BCUT2D eigenvalue weighted by molar-refractivity contribution is 5.99. The van der Waals surface area contributed by atoms with Crippen molar-refractivity contribution in [3.8, 4) is 39.5 Å². The molecule has 0 heterocycles. The Balaban J connectivity index is 1.96. The predicted molar refractivity (Wildman–Crippen MR) is 99.8 cm³/mol. The standard InChI is InChI=1S/C22H16O3/c23-20-11-10-15(14-6-2-1-3-7-14)12-18(20)19-13-21(24)16-8-4-5-9-17(16)22(19)25/h1-13,23-25H. The highest BCUT2D eigenvalue weighted by atomic mass is 16.3. The molecule has 3 heteroatoms. The molecule has 3 nitrogen and oxygen atoms in total. The maximum atomic E-state index is 10.7. The van der Waals surface area contributed by atoms with E-state index in [1.807, 2.05) is 42.5 Å². The lowest BCUT2D eigenvalue weighted by atomic mass is 9.95. The number of rotatable bonds is 2. The quantitative estimate of drug-likeness (QED) is 0.438. The SMILES string of the molecule is Oc1ccc(-c2ccccc2)cc1-c1cc(O)c2ccccc2c1O. The van der Waals surface area contributed by atoms with E-state index in [2.05, 4.69) is 0 Å². The van der Waals surface area contributed by atoms with Crippen LogP contribution in [0.15, 0.2) is 78.9 Å². The van der Waals surface area contributed by atoms with Gasteiger partial charge in [-0.1, -0.05) is 60.7 Å². The second-order valence-corrected chi connectivity index (χ2v) is 5.94. The van der Waals surface area contributed by atoms with Crippen LogP contribution >= 0.6 is 0 Å². The zero-order valence-corrected chi connectivity index (χ0v) is 13.3. The van der Waals surface area contributed by atoms with Gasteiger partial charge in [0.1, 0.15) is 17.2 Å². The van der Waals surface area contributed by atoms with Gasteiger partial charge in [-0.3, -0.25) is 0 Å². The van der Waals surface area contributed by atoms with E-state index in [0.29, 0.717) is 21.9 Å². The Hall–Kier alpha value is -3.46. The van der Waals surface area contributed by atoms with E-state index in [-0.39, 0.29) is 17.2 Å². The maximum absolute atomic E-state index is 10.7. The molecule has 0 unspecified atom stereocenters. The molecule has 122 valence electrons. The number of phenolic OH excluding ortho intramolecular Hbond substituents is 3. The third-order valence-corrected chi connectivity index (χ3v) is 4.39. The Kier molecular flexibility index (Phi) is 3.55. The zero-order valence-electron chi connectivity index (χ0n) is 13.3. The first-order valence-electron chi connectivity index (χ1n) is 7.97. The van der Waals surface area contributed by atoms with Crippen LogP contribution in [0, 0.1) is 0 Å². The van der Waals surface area contributed by atoms with Crippen molar-refractivity contribution in [1.82, 2.24) is 0 Å². The largest absolute Gasteiger partial charge is 0.507 e. The van der Waals surface area contributed by atoms with Gasteiger partial charge in [-0.05, 0) is 29.3 Å². The van der Waals surface area contributed by atoms with Gasteiger partial charge in [0.25, 0.3) is 0 Å². The van der Waals surface area contributed by atoms with Gasteiger partial charge in [-0.15, -0.1) is 0 Å². The molecule has 0 saturated carbocycles. The van der Waals surface area contributed by atoms with Crippen molar-refractivity contribution in [2.45, 2.75) is 0 Å². The van der Waals surface area contributed by atoms with Gasteiger partial charge >= 0.3 is 0 Å². The smallest absolute Gasteiger partial charge is 0.131 e. The molecule has 0 bridgehead atoms. The van der Waals surface area contributed by atoms with Crippen LogP contribution < -0.4 is 0 Å². The van der Waals surface area contributed by atoms with Crippen molar-refractivity contribution in [3.63, 3.8) is 0 Å². The summed E-state index contributed by atoms with van der Waals surface area (Å²) in [6.07, 6.45) is 0. The minimum atomic E-state index is 0.0360. The van der Waals surface area contributed by atoms with Crippen LogP contribution in [0.3, 0.4) is 0 Å². The van der Waals surface area contributed by atoms with Gasteiger partial charge in [-0.2, -0.15) is 0 Å². The third kappa shape index (κ3) is 2.56. The number of fused-ring (bicyclic) bond motifs is 1. The maximum Gasteiger partial charge on any atom is 0.131 e. The molecule has 0 aliphatic rings. The Morgan fingerprint density at radius 1 is 0.480 bits per heavy atom. The van der Waals surface area contributed by atoms with Crippen LogP contribution in [0.1, 0.15) is 0 Å². The second-order valence-electron chi connectivity index (χ2n) is 5.94. The number of hydrogen-bond donors (Lipinski definition) is 3. The van der Waals surface area contributed by atoms with Gasteiger partial charge in [-0.25, -0.2) is 0 Å². The molecule has 0 spiro atoms. The summed E-state index contributed by atoms with van der Waals surface area (Å²) in [5, 5.41) is 32.5. The van der Waals surface area contributed by atoms with E-state index in [4.69, 9.17) is 0 Å². The van der Waals surface area contributed by atoms with Crippen molar-refractivity contribution in [2.75, 3.05) is 0 Å². The summed E-state index contributed by atoms with van der Waals surface area (Å²) in [5.74, 6) is 0.145. The number of aromatic hydroxyl groups is 3. The fourth-order valence-corrected chi connectivity index (χ4v) is 3.11. The minimum Gasteiger partial charge on any atom is -0.507 e. The molecule has 0 saturated heterocycles. The summed E-state index contributed by atoms with van der Waals surface area (Å²) >= 11 is 0. The van der Waals surface area contributed by atoms with E-state index in [1.54, 1.807) is 30.3 Å². The molecule has 0 fully saturated rings. The first-order chi connectivity index (χ1) is 12.1. The second kappa shape index (κ2) is 5.87. The topological polar surface area (TPSA) is 60.7 Å². The molecular formula is C22H16O3. The van der Waals surface area contributed by atoms with Gasteiger partial charge in [0.05, 0.1) is 0 Å². The zero-order chi connectivity index (χ0) is 17.4. The Morgan fingerprint density at radius 3 is 1.92 bits per heavy atom. The Labute approximate surface area is 145 Å². The molecule has 0 aliphatic heterocycles. The fraction of sp³-hybridized carbons (Fsp3) is 0. The van der Waals surface area contributed by atoms with Gasteiger partial charge in [0.2, 0.25) is 0 Å². The van der Waals surface area contributed by atoms with Crippen molar-refractivity contribution < 1.29 is 15.3 Å². The Bertz CT molecular complexity index is 1070. The van der Waals surface area contributed by atoms with Gasteiger partial charge in [0.15, 0.2) is 0 Å². The summed E-state index contributed by atoms with van der Waals surface area (Å²) in [5.41, 5.74) is 2.79. The number of hydrogen-bond acceptors (Lipinski definition) is 3. The molecule has 0 aromatic heterocycles. The first-order valence-corrected chi connectivity index (χ1v) is 7.97. The summed E-state index contributed by atoms with van der Waals surface area (Å²) in [6.45, 7) is 0. The molecule has 0 radical (unpaired) electrons. The van der Waals surface area contributed by atoms with Crippen molar-refractivity contribution in [2.24, 2.45) is 0 Å². The summed E-state index contributed by atoms with van der Waals surface area (Å²) in [7, 11) is 0. The highest BCUT2D eigenvalue weighted by Gasteiger charge is 2.16. The normalized spacial score (nSPS) is 10.9. The van der Waals surface area contributed by atoms with Crippen LogP contribution in [0.4, 0.5) is 0 Å². The molecule has 0 atom stereocenters. The molecule has 3 N–H and O–H groups in total. The van der Waals surface area contributed by atoms with Crippen LogP contribution in [0.5, 0.6) is 17.2 Å². The lowest BCUT2D eigenvalue weighted by molar-refractivity contribution is 0.466. The fourth-order valence-electron chi connectivity index (χ4n) is 3.11. The van der Waals surface area contributed by atoms with E-state index >= 15 is 0 Å². The van der Waals surface area contributed by atoms with Crippen LogP contribution in [-0.2, 0) is 0 Å². The van der Waals surface area contributed by atoms with E-state index in [9.17, 15) is 15.3 Å². The number of benzene rings is 4. The van der Waals surface area contributed by atoms with Crippen LogP contribution in [0.2, 0.25) is 0 Å². The summed E-state index contributed by atoms with van der Waals surface area (Å²) in [4.78, 5) is 0. The highest BCUT2D eigenvalue weighted by Crippen LogP contribution is 2.44. The minimum absolute atomic E-state index is 0.0360. The van der Waals surface area contributed by atoms with E-state index in [1.165, 1.54) is 6.07 Å². The van der Waals surface area contributed by atoms with E-state index in [0.717, 1.165) is 11.1 Å². The predicted octanol–water partition coefficient (Wildman–Crippen LogP) is 5.29. The summed E-state index contributed by atoms with van der Waals surface area (Å²) < 4.78 is 0. The van der Waals surface area contributed by atoms with Crippen LogP contribution in [0.25, 0.3) is 33.0 Å². The molecule has 4 aromatic rings. The van der Waals surface area contributed by atoms with E-state index < -0.39 is 0 Å². The molecule has 0 aliphatic carbocycles. The molecule has 0 amide bonds. The average molecular weight is 328 g/mol. The molecule has 4 rings (SSSR count). The third-order valence-electron chi connectivity index (χ3n) is 4.39. The summed E-state index contributed by atoms with van der Waals surface area (Å²) in [6, 6.07) is 23.6. The molecule has 25 heavy (non-hydrogen) atoms. The Morgan fingerprint density at radius 2 is 1.16 bits per heavy atom. The average Bonchev–Trinajstić information content (AvgIpc) is 2.66. The number of phenols is 3. The lowest BCUT2D eigenvalue weighted by Gasteiger charge is -2.13. The monoisotopic (exact) mass is 328 g/mol. The van der Waals surface area contributed by atoms with Crippen LogP contribution in [-0.4, -0.2) is 15.3 Å². The van der Waals surface area contributed by atoms with Crippen molar-refractivity contribution in [3.05, 3.63) is 78.9 Å². The van der Waals surface area contributed by atoms with Crippen molar-refractivity contribution >= 4 is 10.8 Å². The molecular weight excluding hydrogens is 312 g/mol. The van der Waals surface area contributed by atoms with Gasteiger partial charge in [0, 0.05) is 21.9 Å². The first kappa shape index (κ1) is 15.1. The lowest BCUT2D eigenvalue weighted by Crippen LogP contribution is -1.86. The van der Waals surface area contributed by atoms with Crippen molar-refractivity contribution in [1.29, 1.82) is 0 Å². The van der Waals surface area contributed by atoms with Gasteiger partial charge < -0.3 is 15.3 Å². The molecule has 4 aromatic carbocycles.